The lowest BCUT2D eigenvalue weighted by Gasteiger charge is -2.26. The summed E-state index contributed by atoms with van der Waals surface area (Å²) in [5.41, 5.74) is 1.02. The predicted octanol–water partition coefficient (Wildman–Crippen LogP) is 0.564. The maximum atomic E-state index is 12.7. The molecule has 0 aromatic carbocycles. The summed E-state index contributed by atoms with van der Waals surface area (Å²) in [6.07, 6.45) is 4.68. The molecule has 0 bridgehead atoms. The van der Waals surface area contributed by atoms with Gasteiger partial charge >= 0.3 is 0 Å². The number of pyridine rings is 1. The van der Waals surface area contributed by atoms with E-state index in [-0.39, 0.29) is 17.6 Å². The summed E-state index contributed by atoms with van der Waals surface area (Å²) >= 11 is 0. The van der Waals surface area contributed by atoms with Crippen molar-refractivity contribution < 1.29 is 14.3 Å². The Morgan fingerprint density at radius 3 is 2.67 bits per heavy atom. The van der Waals surface area contributed by atoms with Crippen LogP contribution in [0.2, 0.25) is 0 Å². The Bertz CT molecular complexity index is 737. The van der Waals surface area contributed by atoms with Crippen molar-refractivity contribution in [1.29, 1.82) is 0 Å². The van der Waals surface area contributed by atoms with Gasteiger partial charge in [0.05, 0.1) is 31.3 Å². The Balaban J connectivity index is 1.81. The summed E-state index contributed by atoms with van der Waals surface area (Å²) in [4.78, 5) is 36.5. The van der Waals surface area contributed by atoms with E-state index in [1.807, 2.05) is 0 Å². The highest BCUT2D eigenvalue weighted by atomic mass is 16.5. The molecule has 2 aromatic heterocycles. The van der Waals surface area contributed by atoms with Gasteiger partial charge in [0.15, 0.2) is 5.82 Å². The number of hydrogen-bond acceptors (Lipinski definition) is 5. The zero-order valence-electron chi connectivity index (χ0n) is 13.7. The van der Waals surface area contributed by atoms with Crippen LogP contribution in [0.1, 0.15) is 21.1 Å². The smallest absolute Gasteiger partial charge is 0.290 e. The van der Waals surface area contributed by atoms with Crippen molar-refractivity contribution in [2.24, 2.45) is 7.05 Å². The van der Waals surface area contributed by atoms with Crippen LogP contribution in [0.4, 0.5) is 5.69 Å². The van der Waals surface area contributed by atoms with Crippen molar-refractivity contribution in [1.82, 2.24) is 19.4 Å². The first kappa shape index (κ1) is 16.1. The van der Waals surface area contributed by atoms with E-state index < -0.39 is 0 Å². The fourth-order valence-electron chi connectivity index (χ4n) is 2.56. The minimum atomic E-state index is -0.251. The van der Waals surface area contributed by atoms with Crippen LogP contribution in [0.15, 0.2) is 30.7 Å². The summed E-state index contributed by atoms with van der Waals surface area (Å²) in [7, 11) is 3.33. The zero-order valence-corrected chi connectivity index (χ0v) is 13.7. The second kappa shape index (κ2) is 6.79. The molecular formula is C16H19N5O3. The molecule has 1 saturated heterocycles. The van der Waals surface area contributed by atoms with Crippen LogP contribution in [-0.4, -0.2) is 64.6 Å². The van der Waals surface area contributed by atoms with E-state index in [2.05, 4.69) is 9.97 Å². The third-order valence-electron chi connectivity index (χ3n) is 4.03. The summed E-state index contributed by atoms with van der Waals surface area (Å²) in [6.45, 7) is 2.10. The summed E-state index contributed by atoms with van der Waals surface area (Å²) in [5, 5.41) is 0. The summed E-state index contributed by atoms with van der Waals surface area (Å²) in [5.74, 6) is -0.192. The van der Waals surface area contributed by atoms with Gasteiger partial charge in [-0.2, -0.15) is 0 Å². The molecule has 0 atom stereocenters. The molecule has 0 unspecified atom stereocenters. The first-order valence-electron chi connectivity index (χ1n) is 7.66. The molecule has 8 heteroatoms. The van der Waals surface area contributed by atoms with Gasteiger partial charge in [-0.3, -0.25) is 14.6 Å². The molecule has 2 aromatic rings. The van der Waals surface area contributed by atoms with Crippen LogP contribution in [0.3, 0.4) is 0 Å². The molecule has 126 valence electrons. The van der Waals surface area contributed by atoms with Crippen molar-refractivity contribution >= 4 is 17.5 Å². The predicted molar refractivity (Wildman–Crippen MR) is 86.9 cm³/mol. The van der Waals surface area contributed by atoms with Crippen molar-refractivity contribution in [3.63, 3.8) is 0 Å². The Morgan fingerprint density at radius 2 is 2.00 bits per heavy atom. The van der Waals surface area contributed by atoms with E-state index in [1.54, 1.807) is 43.5 Å². The Hall–Kier alpha value is -2.74. The minimum Gasteiger partial charge on any atom is -0.378 e. The van der Waals surface area contributed by atoms with Gasteiger partial charge in [0.1, 0.15) is 5.69 Å². The van der Waals surface area contributed by atoms with Crippen LogP contribution in [0.25, 0.3) is 0 Å². The Labute approximate surface area is 139 Å². The van der Waals surface area contributed by atoms with Crippen molar-refractivity contribution in [3.05, 3.63) is 42.2 Å². The van der Waals surface area contributed by atoms with Crippen LogP contribution in [-0.2, 0) is 11.8 Å². The Kier molecular flexibility index (Phi) is 4.57. The van der Waals surface area contributed by atoms with E-state index in [4.69, 9.17) is 4.74 Å². The van der Waals surface area contributed by atoms with Crippen molar-refractivity contribution in [3.8, 4) is 0 Å². The number of carbonyl (C=O) groups excluding carboxylic acids is 2. The number of nitrogens with zero attached hydrogens (tertiary/aromatic N) is 5. The van der Waals surface area contributed by atoms with Gasteiger partial charge in [-0.05, 0) is 12.1 Å². The SMILES string of the molecule is CN(C(=O)c1cnc(C(=O)N2CCOCC2)n1C)c1cccnc1. The van der Waals surface area contributed by atoms with Gasteiger partial charge in [-0.25, -0.2) is 4.98 Å². The van der Waals surface area contributed by atoms with E-state index in [1.165, 1.54) is 15.7 Å². The lowest BCUT2D eigenvalue weighted by Crippen LogP contribution is -2.41. The minimum absolute atomic E-state index is 0.191. The zero-order chi connectivity index (χ0) is 17.1. The fraction of sp³-hybridized carbons (Fsp3) is 0.375. The molecule has 0 N–H and O–H groups in total. The molecule has 1 aliphatic heterocycles. The average Bonchev–Trinajstić information content (AvgIpc) is 3.02. The first-order chi connectivity index (χ1) is 11.6. The van der Waals surface area contributed by atoms with Crippen molar-refractivity contribution in [2.75, 3.05) is 38.3 Å². The molecular weight excluding hydrogens is 310 g/mol. The van der Waals surface area contributed by atoms with Gasteiger partial charge in [0, 0.05) is 33.4 Å². The molecule has 2 amide bonds. The summed E-state index contributed by atoms with van der Waals surface area (Å²) < 4.78 is 6.79. The number of ether oxygens (including phenoxy) is 1. The van der Waals surface area contributed by atoms with Crippen LogP contribution >= 0.6 is 0 Å². The van der Waals surface area contributed by atoms with E-state index in [0.29, 0.717) is 37.7 Å². The fourth-order valence-corrected chi connectivity index (χ4v) is 2.56. The number of imidazole rings is 1. The normalized spacial score (nSPS) is 14.5. The molecule has 24 heavy (non-hydrogen) atoms. The molecule has 0 saturated carbocycles. The van der Waals surface area contributed by atoms with Crippen LogP contribution < -0.4 is 4.90 Å². The average molecular weight is 329 g/mol. The van der Waals surface area contributed by atoms with Crippen LogP contribution in [0.5, 0.6) is 0 Å². The topological polar surface area (TPSA) is 80.6 Å². The third kappa shape index (κ3) is 3.00. The maximum Gasteiger partial charge on any atom is 0.290 e. The van der Waals surface area contributed by atoms with E-state index in [0.717, 1.165) is 0 Å². The summed E-state index contributed by atoms with van der Waals surface area (Å²) in [6, 6.07) is 3.55. The number of morpholine rings is 1. The molecule has 3 heterocycles. The largest absolute Gasteiger partial charge is 0.378 e. The highest BCUT2D eigenvalue weighted by molar-refractivity contribution is 6.05. The standard InChI is InChI=1S/C16H19N5O3/c1-19(12-4-3-5-17-10-12)15(22)13-11-18-14(20(13)2)16(23)21-6-8-24-9-7-21/h3-5,10-11H,6-9H2,1-2H3. The maximum absolute atomic E-state index is 12.7. The quantitative estimate of drug-likeness (QED) is 0.822. The van der Waals surface area contributed by atoms with E-state index >= 15 is 0 Å². The van der Waals surface area contributed by atoms with Gasteiger partial charge < -0.3 is 19.1 Å². The van der Waals surface area contributed by atoms with Gasteiger partial charge in [-0.1, -0.05) is 0 Å². The number of anilines is 1. The molecule has 3 rings (SSSR count). The lowest BCUT2D eigenvalue weighted by atomic mass is 10.3. The van der Waals surface area contributed by atoms with Gasteiger partial charge in [0.25, 0.3) is 11.8 Å². The van der Waals surface area contributed by atoms with Gasteiger partial charge in [-0.15, -0.1) is 0 Å². The second-order valence-corrected chi connectivity index (χ2v) is 5.51. The first-order valence-corrected chi connectivity index (χ1v) is 7.66. The third-order valence-corrected chi connectivity index (χ3v) is 4.03. The molecule has 8 nitrogen and oxygen atoms in total. The highest BCUT2D eigenvalue weighted by Gasteiger charge is 2.26. The molecule has 1 fully saturated rings. The molecule has 0 spiro atoms. The van der Waals surface area contributed by atoms with Crippen LogP contribution in [0, 0.1) is 0 Å². The molecule has 0 radical (unpaired) electrons. The van der Waals surface area contributed by atoms with Gasteiger partial charge in [0.2, 0.25) is 0 Å². The van der Waals surface area contributed by atoms with Crippen molar-refractivity contribution in [2.45, 2.75) is 0 Å². The molecule has 1 aliphatic rings. The number of rotatable bonds is 3. The second-order valence-electron chi connectivity index (χ2n) is 5.51. The molecule has 0 aliphatic carbocycles. The van der Waals surface area contributed by atoms with E-state index in [9.17, 15) is 9.59 Å². The monoisotopic (exact) mass is 329 g/mol. The lowest BCUT2D eigenvalue weighted by molar-refractivity contribution is 0.0292. The number of carbonyl (C=O) groups is 2. The Morgan fingerprint density at radius 1 is 1.25 bits per heavy atom. The highest BCUT2D eigenvalue weighted by Crippen LogP contribution is 2.15. The number of hydrogen-bond donors (Lipinski definition) is 0. The number of aromatic nitrogens is 3. The number of amides is 2.